The standard InChI is InChI=1S/C16H13N5O4/c22-13-6-10(7-17-15(13)16(25)18-8-14(23)24)12-9-21(20-19-12)11-4-2-1-3-5-11/h1-7,9,22H,8H2,(H,18,25)(H,23,24). The number of pyridine rings is 1. The molecule has 3 N–H and O–H groups in total. The normalized spacial score (nSPS) is 10.4. The minimum absolute atomic E-state index is 0.263. The summed E-state index contributed by atoms with van der Waals surface area (Å²) in [6.07, 6.45) is 3.02. The van der Waals surface area contributed by atoms with Crippen LogP contribution in [0.2, 0.25) is 0 Å². The van der Waals surface area contributed by atoms with Gasteiger partial charge in [-0.05, 0) is 18.2 Å². The second kappa shape index (κ2) is 6.79. The Hall–Kier alpha value is -3.75. The minimum atomic E-state index is -1.19. The Kier molecular flexibility index (Phi) is 4.38. The molecule has 0 aliphatic heterocycles. The van der Waals surface area contributed by atoms with E-state index in [1.165, 1.54) is 12.3 Å². The van der Waals surface area contributed by atoms with Crippen LogP contribution < -0.4 is 5.32 Å². The van der Waals surface area contributed by atoms with E-state index in [4.69, 9.17) is 5.11 Å². The van der Waals surface area contributed by atoms with E-state index in [0.717, 1.165) is 5.69 Å². The quantitative estimate of drug-likeness (QED) is 0.628. The molecule has 9 heteroatoms. The van der Waals surface area contributed by atoms with Gasteiger partial charge in [-0.2, -0.15) is 0 Å². The summed E-state index contributed by atoms with van der Waals surface area (Å²) in [6, 6.07) is 10.7. The summed E-state index contributed by atoms with van der Waals surface area (Å²) in [4.78, 5) is 26.1. The van der Waals surface area contributed by atoms with E-state index in [-0.39, 0.29) is 11.4 Å². The second-order valence-corrected chi connectivity index (χ2v) is 5.05. The van der Waals surface area contributed by atoms with Gasteiger partial charge in [0.1, 0.15) is 18.0 Å². The summed E-state index contributed by atoms with van der Waals surface area (Å²) in [5.74, 6) is -2.35. The number of amides is 1. The molecular formula is C16H13N5O4. The molecule has 0 fully saturated rings. The monoisotopic (exact) mass is 339 g/mol. The molecule has 126 valence electrons. The fraction of sp³-hybridized carbons (Fsp3) is 0.0625. The average molecular weight is 339 g/mol. The first-order valence-corrected chi connectivity index (χ1v) is 7.22. The lowest BCUT2D eigenvalue weighted by molar-refractivity contribution is -0.135. The van der Waals surface area contributed by atoms with Gasteiger partial charge in [-0.25, -0.2) is 9.67 Å². The fourth-order valence-corrected chi connectivity index (χ4v) is 2.11. The highest BCUT2D eigenvalue weighted by Crippen LogP contribution is 2.23. The van der Waals surface area contributed by atoms with Crippen LogP contribution >= 0.6 is 0 Å². The second-order valence-electron chi connectivity index (χ2n) is 5.05. The number of hydrogen-bond donors (Lipinski definition) is 3. The minimum Gasteiger partial charge on any atom is -0.505 e. The third-order valence-corrected chi connectivity index (χ3v) is 3.29. The molecule has 1 amide bonds. The van der Waals surface area contributed by atoms with Crippen LogP contribution in [0.3, 0.4) is 0 Å². The number of nitrogens with zero attached hydrogens (tertiary/aromatic N) is 4. The molecule has 0 unspecified atom stereocenters. The number of aromatic nitrogens is 4. The molecule has 0 radical (unpaired) electrons. The maximum absolute atomic E-state index is 11.8. The van der Waals surface area contributed by atoms with Gasteiger partial charge in [-0.3, -0.25) is 9.59 Å². The first-order valence-electron chi connectivity index (χ1n) is 7.22. The average Bonchev–Trinajstić information content (AvgIpc) is 3.10. The summed E-state index contributed by atoms with van der Waals surface area (Å²) in [5.41, 5.74) is 1.49. The van der Waals surface area contributed by atoms with Gasteiger partial charge in [0, 0.05) is 11.8 Å². The number of rotatable bonds is 5. The number of nitrogens with one attached hydrogen (secondary N) is 1. The lowest BCUT2D eigenvalue weighted by atomic mass is 10.2. The number of carboxylic acid groups (broad SMARTS) is 1. The summed E-state index contributed by atoms with van der Waals surface area (Å²) in [7, 11) is 0. The van der Waals surface area contributed by atoms with Gasteiger partial charge in [-0.1, -0.05) is 23.4 Å². The van der Waals surface area contributed by atoms with Crippen molar-refractivity contribution in [1.82, 2.24) is 25.3 Å². The van der Waals surface area contributed by atoms with E-state index in [2.05, 4.69) is 20.6 Å². The Bertz CT molecular complexity index is 923. The molecular weight excluding hydrogens is 326 g/mol. The van der Waals surface area contributed by atoms with E-state index < -0.39 is 18.4 Å². The van der Waals surface area contributed by atoms with Crippen LogP contribution in [0, 0.1) is 0 Å². The molecule has 0 aliphatic rings. The topological polar surface area (TPSA) is 130 Å². The molecule has 1 aromatic carbocycles. The Morgan fingerprint density at radius 2 is 1.96 bits per heavy atom. The number of benzene rings is 1. The smallest absolute Gasteiger partial charge is 0.322 e. The highest BCUT2D eigenvalue weighted by molar-refractivity contribution is 5.96. The molecule has 2 heterocycles. The molecule has 0 saturated heterocycles. The summed E-state index contributed by atoms with van der Waals surface area (Å²) < 4.78 is 1.57. The van der Waals surface area contributed by atoms with Gasteiger partial charge < -0.3 is 15.5 Å². The predicted octanol–water partition coefficient (Wildman–Crippen LogP) is 0.849. The van der Waals surface area contributed by atoms with Gasteiger partial charge in [-0.15, -0.1) is 5.10 Å². The zero-order chi connectivity index (χ0) is 17.8. The van der Waals surface area contributed by atoms with Crippen molar-refractivity contribution in [2.45, 2.75) is 0 Å². The van der Waals surface area contributed by atoms with Crippen molar-refractivity contribution in [1.29, 1.82) is 0 Å². The van der Waals surface area contributed by atoms with Crippen LogP contribution in [-0.2, 0) is 4.79 Å². The van der Waals surface area contributed by atoms with Crippen molar-refractivity contribution in [2.75, 3.05) is 6.54 Å². The van der Waals surface area contributed by atoms with Crippen LogP contribution in [-0.4, -0.2) is 48.6 Å². The fourth-order valence-electron chi connectivity index (χ4n) is 2.11. The molecule has 9 nitrogen and oxygen atoms in total. The summed E-state index contributed by atoms with van der Waals surface area (Å²) in [6.45, 7) is -0.562. The molecule has 3 rings (SSSR count). The van der Waals surface area contributed by atoms with E-state index in [1.807, 2.05) is 30.3 Å². The van der Waals surface area contributed by atoms with Crippen LogP contribution in [0.5, 0.6) is 5.75 Å². The maximum Gasteiger partial charge on any atom is 0.322 e. The largest absolute Gasteiger partial charge is 0.505 e. The Balaban J connectivity index is 1.83. The number of aliphatic carboxylic acids is 1. The van der Waals surface area contributed by atoms with Crippen molar-refractivity contribution in [3.63, 3.8) is 0 Å². The van der Waals surface area contributed by atoms with E-state index in [9.17, 15) is 14.7 Å². The van der Waals surface area contributed by atoms with E-state index >= 15 is 0 Å². The maximum atomic E-state index is 11.8. The van der Waals surface area contributed by atoms with Crippen molar-refractivity contribution in [3.05, 3.63) is 54.5 Å². The van der Waals surface area contributed by atoms with Gasteiger partial charge in [0.15, 0.2) is 5.69 Å². The van der Waals surface area contributed by atoms with Crippen molar-refractivity contribution in [3.8, 4) is 22.7 Å². The Labute approximate surface area is 141 Å². The number of para-hydroxylation sites is 1. The van der Waals surface area contributed by atoms with Crippen molar-refractivity contribution >= 4 is 11.9 Å². The number of carbonyl (C=O) groups excluding carboxylic acids is 1. The highest BCUT2D eigenvalue weighted by Gasteiger charge is 2.16. The number of carbonyl (C=O) groups is 2. The van der Waals surface area contributed by atoms with E-state index in [1.54, 1.807) is 10.9 Å². The van der Waals surface area contributed by atoms with Crippen LogP contribution in [0.25, 0.3) is 16.9 Å². The van der Waals surface area contributed by atoms with Gasteiger partial charge in [0.05, 0.1) is 11.9 Å². The number of carboxylic acids is 1. The van der Waals surface area contributed by atoms with Gasteiger partial charge in [0.2, 0.25) is 0 Å². The zero-order valence-electron chi connectivity index (χ0n) is 12.8. The zero-order valence-corrected chi connectivity index (χ0v) is 12.8. The lowest BCUT2D eigenvalue weighted by Crippen LogP contribution is -2.29. The summed E-state index contributed by atoms with van der Waals surface area (Å²) >= 11 is 0. The van der Waals surface area contributed by atoms with Crippen LogP contribution in [0.4, 0.5) is 0 Å². The highest BCUT2D eigenvalue weighted by atomic mass is 16.4. The summed E-state index contributed by atoms with van der Waals surface area (Å²) in [5, 5.41) is 28.7. The van der Waals surface area contributed by atoms with Crippen LogP contribution in [0.1, 0.15) is 10.5 Å². The SMILES string of the molecule is O=C(O)CNC(=O)c1ncc(-c2cn(-c3ccccc3)nn2)cc1O. The number of hydrogen-bond acceptors (Lipinski definition) is 6. The molecule has 2 aromatic heterocycles. The molecule has 0 saturated carbocycles. The number of aromatic hydroxyl groups is 1. The molecule has 0 atom stereocenters. The Morgan fingerprint density at radius 3 is 2.64 bits per heavy atom. The third-order valence-electron chi connectivity index (χ3n) is 3.29. The lowest BCUT2D eigenvalue weighted by Gasteiger charge is -2.05. The van der Waals surface area contributed by atoms with Gasteiger partial charge in [0.25, 0.3) is 5.91 Å². The van der Waals surface area contributed by atoms with Crippen molar-refractivity contribution < 1.29 is 19.8 Å². The predicted molar refractivity (Wildman–Crippen MR) is 86.2 cm³/mol. The molecule has 0 aliphatic carbocycles. The molecule has 0 spiro atoms. The first-order chi connectivity index (χ1) is 12.0. The first kappa shape index (κ1) is 16.1. The molecule has 3 aromatic rings. The Morgan fingerprint density at radius 1 is 1.20 bits per heavy atom. The molecule has 0 bridgehead atoms. The van der Waals surface area contributed by atoms with Crippen LogP contribution in [0.15, 0.2) is 48.8 Å². The third kappa shape index (κ3) is 3.61. The molecule has 25 heavy (non-hydrogen) atoms. The van der Waals surface area contributed by atoms with Gasteiger partial charge >= 0.3 is 5.97 Å². The van der Waals surface area contributed by atoms with E-state index in [0.29, 0.717) is 11.3 Å². The van der Waals surface area contributed by atoms with Crippen molar-refractivity contribution in [2.24, 2.45) is 0 Å².